The van der Waals surface area contributed by atoms with Crippen LogP contribution in [-0.4, -0.2) is 70.6 Å². The Morgan fingerprint density at radius 2 is 2.06 bits per heavy atom. The molecule has 2 bridgehead atoms. The van der Waals surface area contributed by atoms with Crippen LogP contribution >= 0.6 is 11.6 Å². The summed E-state index contributed by atoms with van der Waals surface area (Å²) in [5.74, 6) is 1.10. The van der Waals surface area contributed by atoms with E-state index in [0.717, 1.165) is 61.5 Å². The van der Waals surface area contributed by atoms with E-state index in [0.29, 0.717) is 36.2 Å². The lowest BCUT2D eigenvalue weighted by molar-refractivity contribution is 0.0964. The van der Waals surface area contributed by atoms with Crippen LogP contribution in [0.25, 0.3) is 0 Å². The second-order valence-corrected chi connectivity index (χ2v) is 18.9. The number of amides is 3. The number of fused-ring (bicyclic) bond motifs is 4. The van der Waals surface area contributed by atoms with E-state index in [9.17, 15) is 13.8 Å². The maximum Gasteiger partial charge on any atom is 0.327 e. The molecule has 11 nitrogen and oxygen atoms in total. The summed E-state index contributed by atoms with van der Waals surface area (Å²) in [6.07, 6.45) is 13.5. The second kappa shape index (κ2) is 12.9. The lowest BCUT2D eigenvalue weighted by Crippen LogP contribution is -2.47. The summed E-state index contributed by atoms with van der Waals surface area (Å²) in [7, 11) is 0.126. The van der Waals surface area contributed by atoms with Crippen molar-refractivity contribution in [3.05, 3.63) is 88.2 Å². The first-order chi connectivity index (χ1) is 25.5. The van der Waals surface area contributed by atoms with E-state index in [4.69, 9.17) is 21.1 Å². The van der Waals surface area contributed by atoms with Gasteiger partial charge in [0.1, 0.15) is 15.7 Å². The lowest BCUT2D eigenvalue weighted by atomic mass is 9.70. The van der Waals surface area contributed by atoms with Crippen LogP contribution in [0.15, 0.2) is 65.3 Å². The Bertz CT molecular complexity index is 2150. The van der Waals surface area contributed by atoms with Gasteiger partial charge in [0.05, 0.1) is 30.3 Å². The van der Waals surface area contributed by atoms with Crippen molar-refractivity contribution in [3.63, 3.8) is 0 Å². The molecule has 9 atom stereocenters. The number of nitrogens with zero attached hydrogens (tertiary/aromatic N) is 4. The van der Waals surface area contributed by atoms with Gasteiger partial charge in [-0.2, -0.15) is 5.10 Å². The molecule has 2 spiro atoms. The molecule has 3 aromatic rings. The predicted molar refractivity (Wildman–Crippen MR) is 204 cm³/mol. The van der Waals surface area contributed by atoms with Crippen LogP contribution in [0.5, 0.6) is 5.75 Å². The SMILES string of the molecule is CO[C@H]1/C=C/C[C@H](C)CS(=O)(NC(=O)N[C@@H]2C[C@H]2c2cnn(C)c2)=NC(=O)c2ccc3c(c2)N(C[C@@]2(CCCc4cc(Cl)ccc42)CO3)C[C@@]23CC2[C@@H]13. The Hall–Kier alpha value is -3.87. The highest BCUT2D eigenvalue weighted by Crippen LogP contribution is 2.81. The lowest BCUT2D eigenvalue weighted by Gasteiger charge is -2.41. The summed E-state index contributed by atoms with van der Waals surface area (Å²) in [6, 6.07) is 10.9. The van der Waals surface area contributed by atoms with Gasteiger partial charge in [0.25, 0.3) is 5.91 Å². The molecule has 9 rings (SSSR count). The van der Waals surface area contributed by atoms with Crippen LogP contribution in [0.3, 0.4) is 0 Å². The van der Waals surface area contributed by atoms with Crippen molar-refractivity contribution in [2.75, 3.05) is 37.5 Å². The molecule has 2 unspecified atom stereocenters. The van der Waals surface area contributed by atoms with E-state index >= 15 is 0 Å². The summed E-state index contributed by atoms with van der Waals surface area (Å²) < 4.78 is 36.0. The number of methoxy groups -OCH3 is 1. The zero-order valence-corrected chi connectivity index (χ0v) is 32.0. The molecular weight excluding hydrogens is 712 g/mol. The van der Waals surface area contributed by atoms with Crippen LogP contribution in [0.1, 0.15) is 72.0 Å². The van der Waals surface area contributed by atoms with E-state index < -0.39 is 21.9 Å². The van der Waals surface area contributed by atoms with Crippen molar-refractivity contribution >= 4 is 39.1 Å². The number of hydrogen-bond donors (Lipinski definition) is 2. The average molecular weight is 759 g/mol. The fourth-order valence-corrected chi connectivity index (χ4v) is 11.7. The molecule has 280 valence electrons. The van der Waals surface area contributed by atoms with Gasteiger partial charge in [-0.1, -0.05) is 36.7 Å². The van der Waals surface area contributed by atoms with Gasteiger partial charge in [-0.15, -0.1) is 4.36 Å². The molecule has 3 heterocycles. The van der Waals surface area contributed by atoms with Gasteiger partial charge in [-0.05, 0) is 109 Å². The Balaban J connectivity index is 1.06. The largest absolute Gasteiger partial charge is 0.490 e. The zero-order valence-electron chi connectivity index (χ0n) is 30.4. The average Bonchev–Trinajstić information content (AvgIpc) is 4.06. The van der Waals surface area contributed by atoms with Gasteiger partial charge in [0, 0.05) is 61.4 Å². The Kier molecular flexibility index (Phi) is 8.47. The molecule has 0 saturated heterocycles. The van der Waals surface area contributed by atoms with Crippen LogP contribution < -0.4 is 19.7 Å². The summed E-state index contributed by atoms with van der Waals surface area (Å²) in [4.78, 5) is 29.8. The topological polar surface area (TPSA) is 127 Å². The first-order valence-electron chi connectivity index (χ1n) is 18.8. The number of urea groups is 1. The summed E-state index contributed by atoms with van der Waals surface area (Å²) >= 11 is 6.47. The number of ether oxygens (including phenoxy) is 2. The van der Waals surface area contributed by atoms with Gasteiger partial charge in [0.2, 0.25) is 0 Å². The number of benzene rings is 2. The number of carbonyl (C=O) groups excluding carboxylic acids is 2. The second-order valence-electron chi connectivity index (χ2n) is 16.5. The molecule has 53 heavy (non-hydrogen) atoms. The Labute approximate surface area is 316 Å². The number of anilines is 1. The zero-order chi connectivity index (χ0) is 36.7. The number of nitrogens with one attached hydrogen (secondary N) is 2. The number of aromatic nitrogens is 2. The molecule has 1 aromatic heterocycles. The molecule has 6 aliphatic rings. The maximum atomic E-state index is 14.6. The Morgan fingerprint density at radius 1 is 1.19 bits per heavy atom. The van der Waals surface area contributed by atoms with Crippen molar-refractivity contribution in [2.45, 2.75) is 68.9 Å². The summed E-state index contributed by atoms with van der Waals surface area (Å²) in [6.45, 7) is 4.03. The van der Waals surface area contributed by atoms with Crippen LogP contribution in [0, 0.1) is 23.2 Å². The summed E-state index contributed by atoms with van der Waals surface area (Å²) in [5.41, 5.74) is 4.63. The van der Waals surface area contributed by atoms with E-state index in [1.807, 2.05) is 38.4 Å². The molecule has 3 amide bonds. The molecule has 0 radical (unpaired) electrons. The molecular formula is C40H47ClN6O5S. The highest BCUT2D eigenvalue weighted by molar-refractivity contribution is 7.92. The molecule has 3 saturated carbocycles. The number of carbonyl (C=O) groups is 2. The molecule has 3 fully saturated rings. The predicted octanol–water partition coefficient (Wildman–Crippen LogP) is 6.17. The van der Waals surface area contributed by atoms with Crippen LogP contribution in [0.2, 0.25) is 5.02 Å². The van der Waals surface area contributed by atoms with Crippen molar-refractivity contribution in [1.29, 1.82) is 0 Å². The highest BCUT2D eigenvalue weighted by Gasteiger charge is 2.80. The minimum absolute atomic E-state index is 0.0208. The Morgan fingerprint density at radius 3 is 2.85 bits per heavy atom. The van der Waals surface area contributed by atoms with E-state index in [2.05, 4.69) is 48.7 Å². The number of aryl methyl sites for hydroxylation is 2. The fraction of sp³-hybridized carbons (Fsp3) is 0.525. The maximum absolute atomic E-state index is 14.6. The van der Waals surface area contributed by atoms with Gasteiger partial charge in [-0.3, -0.25) is 14.2 Å². The fourth-order valence-electron chi connectivity index (χ4n) is 9.72. The molecule has 13 heteroatoms. The third-order valence-corrected chi connectivity index (χ3v) is 14.9. The van der Waals surface area contributed by atoms with Crippen molar-refractivity contribution in [1.82, 2.24) is 19.8 Å². The smallest absolute Gasteiger partial charge is 0.327 e. The van der Waals surface area contributed by atoms with Gasteiger partial charge in [0.15, 0.2) is 0 Å². The molecule has 2 aromatic carbocycles. The summed E-state index contributed by atoms with van der Waals surface area (Å²) in [5, 5.41) is 7.93. The molecule has 2 N–H and O–H groups in total. The van der Waals surface area contributed by atoms with Crippen LogP contribution in [0.4, 0.5) is 10.5 Å². The van der Waals surface area contributed by atoms with E-state index in [-0.39, 0.29) is 40.6 Å². The standard InChI is InChI=1S/C40H47ClN6O5S/c1-24-6-4-8-35(51-3)36-31-17-40(31,36)22-47-21-39(13-5-7-25-14-28(41)10-11-30(25)39)23-52-34-12-9-26(15-33(34)47)37(48)44-53(50,20-24)45-38(49)43-32-16-29(32)27-18-42-46(2)19-27/h4,8-12,14-15,18-19,24,29,31-32,35-36H,5-7,13,16-17,20-23H2,1-3H3,(H2,43,44,45,48,49,50)/b8-4+/t24-,29-,31?,32+,35-,36-,39-,40-,53?/m0/s1. The first kappa shape index (κ1) is 34.9. The quantitative estimate of drug-likeness (QED) is 0.305. The van der Waals surface area contributed by atoms with Crippen molar-refractivity contribution in [3.8, 4) is 5.75 Å². The van der Waals surface area contributed by atoms with Crippen molar-refractivity contribution in [2.24, 2.45) is 34.6 Å². The normalized spacial score (nSPS) is 36.1. The van der Waals surface area contributed by atoms with Gasteiger partial charge in [-0.25, -0.2) is 9.00 Å². The minimum atomic E-state index is -3.51. The van der Waals surface area contributed by atoms with E-state index in [1.54, 1.807) is 24.1 Å². The molecule has 4 aliphatic carbocycles. The third kappa shape index (κ3) is 6.44. The van der Waals surface area contributed by atoms with Gasteiger partial charge < -0.3 is 19.7 Å². The van der Waals surface area contributed by atoms with Crippen LogP contribution in [-0.2, 0) is 33.5 Å². The highest BCUT2D eigenvalue weighted by atomic mass is 35.5. The minimum Gasteiger partial charge on any atom is -0.490 e. The number of rotatable bonds is 4. The monoisotopic (exact) mass is 758 g/mol. The van der Waals surface area contributed by atoms with Crippen molar-refractivity contribution < 1.29 is 23.3 Å². The first-order valence-corrected chi connectivity index (χ1v) is 20.9. The number of halogens is 1. The number of hydrogen-bond acceptors (Lipinski definition) is 7. The van der Waals surface area contributed by atoms with E-state index in [1.165, 1.54) is 11.1 Å². The van der Waals surface area contributed by atoms with Gasteiger partial charge >= 0.3 is 6.03 Å². The molecule has 2 aliphatic heterocycles. The third-order valence-electron chi connectivity index (χ3n) is 12.7. The number of allylic oxidation sites excluding steroid dienone is 1.